The first-order valence-electron chi connectivity index (χ1n) is 5.28. The van der Waals surface area contributed by atoms with Crippen LogP contribution in [0.2, 0.25) is 0 Å². The monoisotopic (exact) mass is 201 g/mol. The summed E-state index contributed by atoms with van der Waals surface area (Å²) in [7, 11) is 0. The zero-order valence-corrected chi connectivity index (χ0v) is 9.07. The molecule has 2 aromatic rings. The van der Waals surface area contributed by atoms with Gasteiger partial charge in [0.2, 0.25) is 0 Å². The molecule has 1 unspecified atom stereocenters. The highest BCUT2D eigenvalue weighted by Gasteiger charge is 2.04. The summed E-state index contributed by atoms with van der Waals surface area (Å²) in [6.07, 6.45) is 2.88. The van der Waals surface area contributed by atoms with Crippen molar-refractivity contribution in [3.05, 3.63) is 30.5 Å². The van der Waals surface area contributed by atoms with Gasteiger partial charge in [-0.25, -0.2) is 0 Å². The first kappa shape index (κ1) is 9.90. The number of rotatable bonds is 3. The van der Waals surface area contributed by atoms with Crippen molar-refractivity contribution >= 4 is 16.6 Å². The molecule has 0 radical (unpaired) electrons. The first-order chi connectivity index (χ1) is 7.31. The Morgan fingerprint density at radius 1 is 1.33 bits per heavy atom. The van der Waals surface area contributed by atoms with Gasteiger partial charge >= 0.3 is 0 Å². The zero-order valence-electron chi connectivity index (χ0n) is 9.07. The van der Waals surface area contributed by atoms with E-state index < -0.39 is 0 Å². The first-order valence-corrected chi connectivity index (χ1v) is 5.28. The van der Waals surface area contributed by atoms with Crippen molar-refractivity contribution in [3.8, 4) is 0 Å². The third-order valence-corrected chi connectivity index (χ3v) is 2.56. The van der Waals surface area contributed by atoms with E-state index in [1.54, 1.807) is 6.20 Å². The second kappa shape index (κ2) is 4.26. The highest BCUT2D eigenvalue weighted by atomic mass is 15.1. The number of anilines is 1. The molecule has 0 amide bonds. The molecule has 0 bridgehead atoms. The molecule has 0 aliphatic rings. The minimum absolute atomic E-state index is 0.456. The minimum atomic E-state index is 0.456. The Morgan fingerprint density at radius 3 is 2.93 bits per heavy atom. The van der Waals surface area contributed by atoms with Crippen LogP contribution in [0.5, 0.6) is 0 Å². The van der Waals surface area contributed by atoms with Crippen molar-refractivity contribution in [1.82, 2.24) is 10.2 Å². The van der Waals surface area contributed by atoms with Crippen LogP contribution in [0.25, 0.3) is 10.9 Å². The molecule has 1 N–H and O–H groups in total. The number of aromatic nitrogens is 2. The van der Waals surface area contributed by atoms with Crippen LogP contribution in [0, 0.1) is 0 Å². The normalized spacial score (nSPS) is 12.7. The summed E-state index contributed by atoms with van der Waals surface area (Å²) in [4.78, 5) is 0. The SMILES string of the molecule is CCC(C)Nc1cnnc2ccccc12. The van der Waals surface area contributed by atoms with E-state index in [9.17, 15) is 0 Å². The summed E-state index contributed by atoms with van der Waals surface area (Å²) < 4.78 is 0. The molecule has 2 rings (SSSR count). The number of hydrogen-bond donors (Lipinski definition) is 1. The van der Waals surface area contributed by atoms with Crippen molar-refractivity contribution in [1.29, 1.82) is 0 Å². The van der Waals surface area contributed by atoms with Crippen LogP contribution in [0.1, 0.15) is 20.3 Å². The van der Waals surface area contributed by atoms with Gasteiger partial charge in [-0.3, -0.25) is 0 Å². The third kappa shape index (κ3) is 2.06. The number of fused-ring (bicyclic) bond motifs is 1. The summed E-state index contributed by atoms with van der Waals surface area (Å²) in [5.41, 5.74) is 2.00. The average Bonchev–Trinajstić information content (AvgIpc) is 2.29. The van der Waals surface area contributed by atoms with Crippen LogP contribution < -0.4 is 5.32 Å². The molecule has 1 aromatic heterocycles. The molecule has 0 fully saturated rings. The highest BCUT2D eigenvalue weighted by molar-refractivity contribution is 5.90. The molecule has 1 heterocycles. The minimum Gasteiger partial charge on any atom is -0.381 e. The van der Waals surface area contributed by atoms with Gasteiger partial charge in [-0.1, -0.05) is 25.1 Å². The van der Waals surface area contributed by atoms with Crippen molar-refractivity contribution in [3.63, 3.8) is 0 Å². The van der Waals surface area contributed by atoms with Gasteiger partial charge in [-0.2, -0.15) is 10.2 Å². The molecular formula is C12H15N3. The summed E-state index contributed by atoms with van der Waals surface area (Å²) in [6.45, 7) is 4.32. The molecule has 0 aliphatic heterocycles. The molecule has 3 heteroatoms. The number of nitrogens with one attached hydrogen (secondary N) is 1. The van der Waals surface area contributed by atoms with Crippen LogP contribution >= 0.6 is 0 Å². The molecular weight excluding hydrogens is 186 g/mol. The fraction of sp³-hybridized carbons (Fsp3) is 0.333. The molecule has 0 spiro atoms. The maximum atomic E-state index is 4.08. The van der Waals surface area contributed by atoms with Crippen molar-refractivity contribution in [2.75, 3.05) is 5.32 Å². The van der Waals surface area contributed by atoms with Crippen LogP contribution in [-0.4, -0.2) is 16.2 Å². The number of hydrogen-bond acceptors (Lipinski definition) is 3. The molecule has 0 aliphatic carbocycles. The van der Waals surface area contributed by atoms with E-state index in [4.69, 9.17) is 0 Å². The summed E-state index contributed by atoms with van der Waals surface area (Å²) in [5.74, 6) is 0. The molecule has 1 aromatic carbocycles. The van der Waals surface area contributed by atoms with E-state index in [0.29, 0.717) is 6.04 Å². The number of benzene rings is 1. The largest absolute Gasteiger partial charge is 0.381 e. The Bertz CT molecular complexity index is 448. The Hall–Kier alpha value is -1.64. The standard InChI is InChI=1S/C12H15N3/c1-3-9(2)14-12-8-13-15-11-7-5-4-6-10(11)12/h4-9H,3H2,1-2H3,(H,14,15). The Labute approximate surface area is 89.5 Å². The Kier molecular flexibility index (Phi) is 2.81. The van der Waals surface area contributed by atoms with Gasteiger partial charge in [-0.05, 0) is 19.4 Å². The molecule has 0 saturated heterocycles. The second-order valence-electron chi connectivity index (χ2n) is 3.73. The van der Waals surface area contributed by atoms with E-state index in [2.05, 4.69) is 35.4 Å². The predicted molar refractivity (Wildman–Crippen MR) is 62.9 cm³/mol. The fourth-order valence-electron chi connectivity index (χ4n) is 1.49. The van der Waals surface area contributed by atoms with Crippen LogP contribution in [0.3, 0.4) is 0 Å². The second-order valence-corrected chi connectivity index (χ2v) is 3.73. The number of nitrogens with zero attached hydrogens (tertiary/aromatic N) is 2. The maximum absolute atomic E-state index is 4.08. The Morgan fingerprint density at radius 2 is 2.13 bits per heavy atom. The van der Waals surface area contributed by atoms with Gasteiger partial charge < -0.3 is 5.32 Å². The topological polar surface area (TPSA) is 37.8 Å². The summed E-state index contributed by atoms with van der Waals surface area (Å²) >= 11 is 0. The average molecular weight is 201 g/mol. The maximum Gasteiger partial charge on any atom is 0.0950 e. The van der Waals surface area contributed by atoms with Gasteiger partial charge in [0.1, 0.15) is 0 Å². The van der Waals surface area contributed by atoms with Crippen molar-refractivity contribution in [2.24, 2.45) is 0 Å². The Balaban J connectivity index is 2.42. The third-order valence-electron chi connectivity index (χ3n) is 2.56. The van der Waals surface area contributed by atoms with Crippen molar-refractivity contribution in [2.45, 2.75) is 26.3 Å². The van der Waals surface area contributed by atoms with Gasteiger partial charge in [0.05, 0.1) is 17.4 Å². The lowest BCUT2D eigenvalue weighted by molar-refractivity contribution is 0.764. The van der Waals surface area contributed by atoms with Gasteiger partial charge in [-0.15, -0.1) is 0 Å². The van der Waals surface area contributed by atoms with E-state index in [-0.39, 0.29) is 0 Å². The van der Waals surface area contributed by atoms with E-state index >= 15 is 0 Å². The van der Waals surface area contributed by atoms with E-state index in [1.807, 2.05) is 18.2 Å². The van der Waals surface area contributed by atoms with Gasteiger partial charge in [0.15, 0.2) is 0 Å². The zero-order chi connectivity index (χ0) is 10.7. The summed E-state index contributed by atoms with van der Waals surface area (Å²) in [6, 6.07) is 8.49. The van der Waals surface area contributed by atoms with Crippen LogP contribution in [0.4, 0.5) is 5.69 Å². The predicted octanol–water partition coefficient (Wildman–Crippen LogP) is 2.84. The van der Waals surface area contributed by atoms with E-state index in [1.165, 1.54) is 0 Å². The smallest absolute Gasteiger partial charge is 0.0950 e. The molecule has 78 valence electrons. The lowest BCUT2D eigenvalue weighted by atomic mass is 10.2. The highest BCUT2D eigenvalue weighted by Crippen LogP contribution is 2.20. The molecule has 3 nitrogen and oxygen atoms in total. The summed E-state index contributed by atoms with van der Waals surface area (Å²) in [5, 5.41) is 12.6. The molecule has 1 atom stereocenters. The quantitative estimate of drug-likeness (QED) is 0.829. The van der Waals surface area contributed by atoms with Crippen LogP contribution in [0.15, 0.2) is 30.5 Å². The van der Waals surface area contributed by atoms with Gasteiger partial charge in [0, 0.05) is 11.4 Å². The molecule has 0 saturated carbocycles. The van der Waals surface area contributed by atoms with E-state index in [0.717, 1.165) is 23.0 Å². The fourth-order valence-corrected chi connectivity index (χ4v) is 1.49. The molecule has 15 heavy (non-hydrogen) atoms. The van der Waals surface area contributed by atoms with Crippen molar-refractivity contribution < 1.29 is 0 Å². The lowest BCUT2D eigenvalue weighted by Gasteiger charge is -2.13. The lowest BCUT2D eigenvalue weighted by Crippen LogP contribution is -2.13. The van der Waals surface area contributed by atoms with Crippen LogP contribution in [-0.2, 0) is 0 Å². The van der Waals surface area contributed by atoms with Gasteiger partial charge in [0.25, 0.3) is 0 Å².